The van der Waals surface area contributed by atoms with Crippen LogP contribution in [0.2, 0.25) is 0 Å². The van der Waals surface area contributed by atoms with Gasteiger partial charge in [0.15, 0.2) is 0 Å². The third-order valence-corrected chi connectivity index (χ3v) is 7.95. The molecule has 8 nitrogen and oxygen atoms in total. The lowest BCUT2D eigenvalue weighted by atomic mass is 10.0. The normalized spacial score (nSPS) is 12.7. The van der Waals surface area contributed by atoms with Crippen molar-refractivity contribution in [1.29, 1.82) is 0 Å². The van der Waals surface area contributed by atoms with Crippen molar-refractivity contribution < 1.29 is 22.7 Å². The van der Waals surface area contributed by atoms with Crippen LogP contribution < -0.4 is 14.4 Å². The van der Waals surface area contributed by atoms with Crippen molar-refractivity contribution in [3.63, 3.8) is 0 Å². The number of rotatable bonds is 13. The fourth-order valence-electron chi connectivity index (χ4n) is 4.40. The van der Waals surface area contributed by atoms with Gasteiger partial charge in [-0.1, -0.05) is 67.6 Å². The van der Waals surface area contributed by atoms with Gasteiger partial charge in [0, 0.05) is 19.0 Å². The minimum atomic E-state index is -3.82. The van der Waals surface area contributed by atoms with Gasteiger partial charge in [0.2, 0.25) is 21.8 Å². The van der Waals surface area contributed by atoms with Crippen molar-refractivity contribution in [2.75, 3.05) is 24.2 Å². The molecule has 0 heterocycles. The minimum absolute atomic E-state index is 0.0901. The number of para-hydroxylation sites is 1. The molecule has 214 valence electrons. The highest BCUT2D eigenvalue weighted by atomic mass is 32.2. The molecule has 3 aromatic carbocycles. The summed E-state index contributed by atoms with van der Waals surface area (Å²) in [6, 6.07) is 22.8. The van der Waals surface area contributed by atoms with Crippen LogP contribution >= 0.6 is 0 Å². The van der Waals surface area contributed by atoms with Crippen LogP contribution in [0.25, 0.3) is 0 Å². The number of aryl methyl sites for hydroxylation is 1. The number of nitrogens with one attached hydrogen (secondary N) is 1. The Morgan fingerprint density at radius 3 is 2.23 bits per heavy atom. The van der Waals surface area contributed by atoms with Gasteiger partial charge >= 0.3 is 0 Å². The third-order valence-electron chi connectivity index (χ3n) is 6.82. The summed E-state index contributed by atoms with van der Waals surface area (Å²) in [5, 5.41) is 3.03. The molecule has 0 fully saturated rings. The third kappa shape index (κ3) is 8.32. The van der Waals surface area contributed by atoms with Crippen LogP contribution in [-0.2, 0) is 32.6 Å². The predicted molar refractivity (Wildman–Crippen MR) is 159 cm³/mol. The quantitative estimate of drug-likeness (QED) is 0.333. The number of hydrogen-bond acceptors (Lipinski definition) is 5. The number of methoxy groups -OCH3 is 1. The largest absolute Gasteiger partial charge is 0.497 e. The van der Waals surface area contributed by atoms with Crippen molar-refractivity contribution in [2.45, 2.75) is 52.2 Å². The van der Waals surface area contributed by atoms with Crippen LogP contribution in [0.5, 0.6) is 5.75 Å². The van der Waals surface area contributed by atoms with Crippen molar-refractivity contribution >= 4 is 27.5 Å². The Balaban J connectivity index is 2.08. The van der Waals surface area contributed by atoms with E-state index in [1.54, 1.807) is 38.3 Å². The first kappa shape index (κ1) is 30.7. The molecule has 0 bridgehead atoms. The van der Waals surface area contributed by atoms with E-state index < -0.39 is 28.5 Å². The monoisotopic (exact) mass is 565 g/mol. The second kappa shape index (κ2) is 14.0. The number of ether oxygens (including phenoxy) is 1. The molecular formula is C31H39N3O5S. The van der Waals surface area contributed by atoms with Gasteiger partial charge in [-0.15, -0.1) is 0 Å². The molecule has 2 amide bonds. The molecule has 0 aliphatic carbocycles. The van der Waals surface area contributed by atoms with Gasteiger partial charge in [0.1, 0.15) is 18.3 Å². The Bertz CT molecular complexity index is 1390. The van der Waals surface area contributed by atoms with E-state index in [9.17, 15) is 18.0 Å². The van der Waals surface area contributed by atoms with Crippen LogP contribution in [0.1, 0.15) is 37.0 Å². The van der Waals surface area contributed by atoms with Gasteiger partial charge < -0.3 is 15.0 Å². The zero-order valence-electron chi connectivity index (χ0n) is 23.8. The molecule has 0 spiro atoms. The number of benzene rings is 3. The predicted octanol–water partition coefficient (Wildman–Crippen LogP) is 4.32. The highest BCUT2D eigenvalue weighted by Gasteiger charge is 2.33. The molecule has 0 radical (unpaired) electrons. The van der Waals surface area contributed by atoms with Crippen LogP contribution in [0.4, 0.5) is 5.69 Å². The first-order valence-electron chi connectivity index (χ1n) is 13.3. The fourth-order valence-corrected chi connectivity index (χ4v) is 5.31. The number of amides is 2. The lowest BCUT2D eigenvalue weighted by Crippen LogP contribution is -2.54. The molecule has 0 saturated carbocycles. The molecule has 2 atom stereocenters. The van der Waals surface area contributed by atoms with Crippen molar-refractivity contribution in [3.05, 3.63) is 95.6 Å². The molecule has 0 saturated heterocycles. The Hall–Kier alpha value is -3.85. The SMILES string of the molecule is CC[C@H](C)NC(=O)[C@H](Cc1ccccc1)N(Cc1cccc(OC)c1)C(=O)CN(c1ccccc1C)S(C)(=O)=O. The van der Waals surface area contributed by atoms with Gasteiger partial charge in [0.25, 0.3) is 0 Å². The molecule has 0 aliphatic rings. The zero-order valence-corrected chi connectivity index (χ0v) is 24.6. The summed E-state index contributed by atoms with van der Waals surface area (Å²) in [4.78, 5) is 29.3. The molecule has 40 heavy (non-hydrogen) atoms. The van der Waals surface area contributed by atoms with Crippen LogP contribution in [0.15, 0.2) is 78.9 Å². The molecule has 3 rings (SSSR count). The van der Waals surface area contributed by atoms with Gasteiger partial charge in [0.05, 0.1) is 19.1 Å². The second-order valence-electron chi connectivity index (χ2n) is 9.95. The van der Waals surface area contributed by atoms with Crippen molar-refractivity contribution in [1.82, 2.24) is 10.2 Å². The number of anilines is 1. The Morgan fingerprint density at radius 2 is 1.60 bits per heavy atom. The molecule has 1 N–H and O–H groups in total. The molecule has 0 aromatic heterocycles. The van der Waals surface area contributed by atoms with Crippen LogP contribution in [-0.4, -0.2) is 57.1 Å². The highest BCUT2D eigenvalue weighted by Crippen LogP contribution is 2.24. The van der Waals surface area contributed by atoms with Gasteiger partial charge in [-0.25, -0.2) is 8.42 Å². The van der Waals surface area contributed by atoms with E-state index in [1.165, 1.54) is 4.90 Å². The van der Waals surface area contributed by atoms with E-state index in [4.69, 9.17) is 4.74 Å². The Kier molecular flexibility index (Phi) is 10.7. The van der Waals surface area contributed by atoms with Crippen LogP contribution in [0.3, 0.4) is 0 Å². The zero-order chi connectivity index (χ0) is 29.3. The molecule has 9 heteroatoms. The number of carbonyl (C=O) groups is 2. The summed E-state index contributed by atoms with van der Waals surface area (Å²) in [6.45, 7) is 5.32. The number of sulfonamides is 1. The van der Waals surface area contributed by atoms with E-state index in [2.05, 4.69) is 5.32 Å². The van der Waals surface area contributed by atoms with Crippen molar-refractivity contribution in [2.24, 2.45) is 0 Å². The molecule has 0 unspecified atom stereocenters. The number of nitrogens with zero attached hydrogens (tertiary/aromatic N) is 2. The molecule has 3 aromatic rings. The van der Waals surface area contributed by atoms with E-state index in [1.807, 2.05) is 68.4 Å². The summed E-state index contributed by atoms with van der Waals surface area (Å²) in [7, 11) is -2.25. The van der Waals surface area contributed by atoms with Crippen molar-refractivity contribution in [3.8, 4) is 5.75 Å². The molecular weight excluding hydrogens is 526 g/mol. The average molecular weight is 566 g/mol. The lowest BCUT2D eigenvalue weighted by molar-refractivity contribution is -0.140. The summed E-state index contributed by atoms with van der Waals surface area (Å²) in [6.07, 6.45) is 2.07. The fraction of sp³-hybridized carbons (Fsp3) is 0.355. The first-order chi connectivity index (χ1) is 19.0. The molecule has 0 aliphatic heterocycles. The van der Waals surface area contributed by atoms with Crippen LogP contribution in [0, 0.1) is 6.92 Å². The van der Waals surface area contributed by atoms with Gasteiger partial charge in [-0.3, -0.25) is 13.9 Å². The lowest BCUT2D eigenvalue weighted by Gasteiger charge is -2.34. The highest BCUT2D eigenvalue weighted by molar-refractivity contribution is 7.92. The number of hydrogen-bond donors (Lipinski definition) is 1. The summed E-state index contributed by atoms with van der Waals surface area (Å²) in [5.41, 5.74) is 2.77. The average Bonchev–Trinajstić information content (AvgIpc) is 2.93. The van der Waals surface area contributed by atoms with E-state index in [0.717, 1.165) is 33.7 Å². The summed E-state index contributed by atoms with van der Waals surface area (Å²) >= 11 is 0. The topological polar surface area (TPSA) is 96.0 Å². The number of carbonyl (C=O) groups excluding carboxylic acids is 2. The summed E-state index contributed by atoms with van der Waals surface area (Å²) in [5.74, 6) is -0.167. The Labute approximate surface area is 238 Å². The van der Waals surface area contributed by atoms with Gasteiger partial charge in [-0.2, -0.15) is 0 Å². The Morgan fingerprint density at radius 1 is 0.950 bits per heavy atom. The maximum absolute atomic E-state index is 14.1. The summed E-state index contributed by atoms with van der Waals surface area (Å²) < 4.78 is 32.3. The first-order valence-corrected chi connectivity index (χ1v) is 15.2. The van der Waals surface area contributed by atoms with E-state index in [0.29, 0.717) is 11.4 Å². The van der Waals surface area contributed by atoms with E-state index in [-0.39, 0.29) is 24.9 Å². The second-order valence-corrected chi connectivity index (χ2v) is 11.9. The van der Waals surface area contributed by atoms with E-state index >= 15 is 0 Å². The minimum Gasteiger partial charge on any atom is -0.497 e. The maximum Gasteiger partial charge on any atom is 0.244 e. The smallest absolute Gasteiger partial charge is 0.244 e. The van der Waals surface area contributed by atoms with Gasteiger partial charge in [-0.05, 0) is 55.2 Å². The standard InChI is InChI=1S/C31H39N3O5S/c1-6-24(3)32-31(36)29(20-25-14-8-7-9-15-25)33(21-26-16-12-17-27(19-26)39-4)30(35)22-34(40(5,37)38)28-18-11-10-13-23(28)2/h7-19,24,29H,6,20-22H2,1-5H3,(H,32,36)/t24-,29-/m0/s1. The maximum atomic E-state index is 14.1.